The van der Waals surface area contributed by atoms with Crippen molar-refractivity contribution >= 4 is 11.6 Å². The molecule has 3 rings (SSSR count). The molecule has 8 heteroatoms. The summed E-state index contributed by atoms with van der Waals surface area (Å²) in [6.07, 6.45) is 4.82. The number of aryl methyl sites for hydroxylation is 1. The fourth-order valence-electron chi connectivity index (χ4n) is 3.29. The minimum absolute atomic E-state index is 0.394. The number of hydrogen-bond donors (Lipinski definition) is 1. The average Bonchev–Trinajstić information content (AvgIpc) is 3.24. The van der Waals surface area contributed by atoms with Crippen molar-refractivity contribution in [2.75, 3.05) is 20.1 Å². The van der Waals surface area contributed by atoms with Crippen LogP contribution in [0.1, 0.15) is 43.8 Å². The summed E-state index contributed by atoms with van der Waals surface area (Å²) in [4.78, 5) is 6.94. The van der Waals surface area contributed by atoms with Gasteiger partial charge in [0.1, 0.15) is 5.82 Å². The van der Waals surface area contributed by atoms with Gasteiger partial charge in [-0.25, -0.2) is 0 Å². The summed E-state index contributed by atoms with van der Waals surface area (Å²) >= 11 is 0. The molecular weight excluding hydrogens is 352 g/mol. The van der Waals surface area contributed by atoms with E-state index in [1.165, 1.54) is 5.56 Å². The molecule has 0 saturated heterocycles. The van der Waals surface area contributed by atoms with Crippen molar-refractivity contribution in [3.63, 3.8) is 0 Å². The number of aliphatic imine (C=N–C) groups is 1. The largest absolute Gasteiger partial charge is 0.357 e. The van der Waals surface area contributed by atoms with Crippen LogP contribution in [0.25, 0.3) is 5.65 Å². The van der Waals surface area contributed by atoms with Crippen LogP contribution in [-0.4, -0.2) is 55.4 Å². The van der Waals surface area contributed by atoms with Crippen LogP contribution in [0.15, 0.2) is 35.6 Å². The average molecular weight is 383 g/mol. The first-order valence-corrected chi connectivity index (χ1v) is 9.80. The number of rotatable bonds is 7. The van der Waals surface area contributed by atoms with Crippen LogP contribution in [-0.2, 0) is 20.0 Å². The van der Waals surface area contributed by atoms with Crippen LogP contribution in [0.4, 0.5) is 0 Å². The first-order valence-electron chi connectivity index (χ1n) is 9.80. The second-order valence-corrected chi connectivity index (χ2v) is 7.25. The Morgan fingerprint density at radius 1 is 1.29 bits per heavy atom. The molecular formula is C20H30N8. The van der Waals surface area contributed by atoms with Crippen LogP contribution < -0.4 is 5.32 Å². The number of aromatic nitrogens is 5. The predicted octanol–water partition coefficient (Wildman–Crippen LogP) is 2.23. The summed E-state index contributed by atoms with van der Waals surface area (Å²) in [7, 11) is 4.03. The molecule has 0 radical (unpaired) electrons. The van der Waals surface area contributed by atoms with Crippen LogP contribution in [0.5, 0.6) is 0 Å². The van der Waals surface area contributed by atoms with Crippen molar-refractivity contribution in [2.24, 2.45) is 12.0 Å². The highest BCUT2D eigenvalue weighted by molar-refractivity contribution is 5.79. The molecule has 3 heterocycles. The molecule has 0 bridgehead atoms. The van der Waals surface area contributed by atoms with Crippen molar-refractivity contribution in [3.05, 3.63) is 47.7 Å². The van der Waals surface area contributed by atoms with E-state index in [0.29, 0.717) is 12.5 Å². The molecule has 0 aromatic carbocycles. The second kappa shape index (κ2) is 8.86. The first kappa shape index (κ1) is 19.9. The first-order chi connectivity index (χ1) is 13.5. The number of nitrogens with zero attached hydrogens (tertiary/aromatic N) is 7. The van der Waals surface area contributed by atoms with Gasteiger partial charge in [0.05, 0.1) is 5.69 Å². The van der Waals surface area contributed by atoms with Gasteiger partial charge in [-0.15, -0.1) is 10.2 Å². The van der Waals surface area contributed by atoms with Gasteiger partial charge in [-0.05, 0) is 25.0 Å². The van der Waals surface area contributed by atoms with E-state index in [1.54, 1.807) is 0 Å². The Hall–Kier alpha value is -2.90. The third-order valence-corrected chi connectivity index (χ3v) is 4.57. The topological polar surface area (TPSA) is 75.6 Å². The van der Waals surface area contributed by atoms with Crippen molar-refractivity contribution in [1.29, 1.82) is 0 Å². The van der Waals surface area contributed by atoms with E-state index in [9.17, 15) is 0 Å². The van der Waals surface area contributed by atoms with Crippen LogP contribution in [0.3, 0.4) is 0 Å². The van der Waals surface area contributed by atoms with Gasteiger partial charge in [-0.2, -0.15) is 5.10 Å². The lowest BCUT2D eigenvalue weighted by Gasteiger charge is -2.22. The zero-order chi connectivity index (χ0) is 20.1. The summed E-state index contributed by atoms with van der Waals surface area (Å²) in [5.74, 6) is 2.20. The molecule has 0 atom stereocenters. The molecule has 0 amide bonds. The lowest BCUT2D eigenvalue weighted by atomic mass is 10.1. The molecule has 3 aromatic heterocycles. The van der Waals surface area contributed by atoms with Crippen molar-refractivity contribution < 1.29 is 0 Å². The minimum Gasteiger partial charge on any atom is -0.357 e. The van der Waals surface area contributed by atoms with Crippen molar-refractivity contribution in [3.8, 4) is 0 Å². The monoisotopic (exact) mass is 382 g/mol. The normalized spacial score (nSPS) is 12.1. The third kappa shape index (κ3) is 4.49. The van der Waals surface area contributed by atoms with Gasteiger partial charge < -0.3 is 10.2 Å². The third-order valence-electron chi connectivity index (χ3n) is 4.57. The molecule has 0 unspecified atom stereocenters. The Bertz CT molecular complexity index is 937. The molecule has 3 aromatic rings. The van der Waals surface area contributed by atoms with Gasteiger partial charge in [0.15, 0.2) is 11.6 Å². The maximum Gasteiger partial charge on any atom is 0.193 e. The number of guanidine groups is 1. The molecule has 150 valence electrons. The van der Waals surface area contributed by atoms with Crippen molar-refractivity contribution in [2.45, 2.75) is 39.7 Å². The molecule has 0 aliphatic rings. The van der Waals surface area contributed by atoms with Crippen molar-refractivity contribution in [1.82, 2.24) is 34.6 Å². The molecule has 28 heavy (non-hydrogen) atoms. The highest BCUT2D eigenvalue weighted by atomic mass is 15.3. The Morgan fingerprint density at radius 2 is 2.11 bits per heavy atom. The smallest absolute Gasteiger partial charge is 0.193 e. The SMILES string of the molecule is CCNC(=NCCc1nnc2ccccn12)N(C)Cc1cn(C)nc1C(C)C. The standard InChI is InChI=1S/C20H30N8/c1-6-21-20(26(4)13-16-14-27(5)25-19(16)15(2)3)22-11-10-18-24-23-17-9-7-8-12-28(17)18/h7-9,12,14-15H,6,10-11,13H2,1-5H3,(H,21,22). The molecule has 8 nitrogen and oxygen atoms in total. The van der Waals surface area contributed by atoms with Crippen LogP contribution >= 0.6 is 0 Å². The van der Waals surface area contributed by atoms with E-state index in [1.807, 2.05) is 40.5 Å². The molecule has 0 aliphatic heterocycles. The maximum absolute atomic E-state index is 4.80. The maximum atomic E-state index is 4.80. The fraction of sp³-hybridized carbons (Fsp3) is 0.500. The lowest BCUT2D eigenvalue weighted by Crippen LogP contribution is -2.38. The van der Waals surface area contributed by atoms with Crippen LogP contribution in [0, 0.1) is 0 Å². The number of hydrogen-bond acceptors (Lipinski definition) is 4. The summed E-state index contributed by atoms with van der Waals surface area (Å²) in [6.45, 7) is 8.66. The molecule has 0 fully saturated rings. The predicted molar refractivity (Wildman–Crippen MR) is 111 cm³/mol. The quantitative estimate of drug-likeness (QED) is 0.501. The highest BCUT2D eigenvalue weighted by Crippen LogP contribution is 2.18. The Balaban J connectivity index is 1.69. The number of pyridine rings is 1. The summed E-state index contributed by atoms with van der Waals surface area (Å²) in [5.41, 5.74) is 3.23. The van der Waals surface area contributed by atoms with Gasteiger partial charge >= 0.3 is 0 Å². The molecule has 0 aliphatic carbocycles. The summed E-state index contributed by atoms with van der Waals surface area (Å²) < 4.78 is 3.90. The second-order valence-electron chi connectivity index (χ2n) is 7.25. The number of nitrogens with one attached hydrogen (secondary N) is 1. The summed E-state index contributed by atoms with van der Waals surface area (Å²) in [5, 5.41) is 16.5. The van der Waals surface area contributed by atoms with Gasteiger partial charge in [0.25, 0.3) is 0 Å². The van der Waals surface area contributed by atoms with Gasteiger partial charge in [0.2, 0.25) is 0 Å². The molecule has 0 saturated carbocycles. The molecule has 1 N–H and O–H groups in total. The van der Waals surface area contributed by atoms with E-state index in [4.69, 9.17) is 4.99 Å². The van der Waals surface area contributed by atoms with E-state index < -0.39 is 0 Å². The Morgan fingerprint density at radius 3 is 2.86 bits per heavy atom. The van der Waals surface area contributed by atoms with E-state index in [2.05, 4.69) is 59.5 Å². The zero-order valence-corrected chi connectivity index (χ0v) is 17.4. The van der Waals surface area contributed by atoms with Gasteiger partial charge in [-0.3, -0.25) is 14.1 Å². The lowest BCUT2D eigenvalue weighted by molar-refractivity contribution is 0.473. The van der Waals surface area contributed by atoms with E-state index >= 15 is 0 Å². The fourth-order valence-corrected chi connectivity index (χ4v) is 3.29. The van der Waals surface area contributed by atoms with E-state index in [-0.39, 0.29) is 0 Å². The van der Waals surface area contributed by atoms with Gasteiger partial charge in [0, 0.05) is 58.1 Å². The Kier molecular flexibility index (Phi) is 6.28. The highest BCUT2D eigenvalue weighted by Gasteiger charge is 2.15. The molecule has 0 spiro atoms. The van der Waals surface area contributed by atoms with Gasteiger partial charge in [-0.1, -0.05) is 19.9 Å². The van der Waals surface area contributed by atoms with E-state index in [0.717, 1.165) is 42.6 Å². The zero-order valence-electron chi connectivity index (χ0n) is 17.4. The van der Waals surface area contributed by atoms with Crippen LogP contribution in [0.2, 0.25) is 0 Å². The minimum atomic E-state index is 0.394. The summed E-state index contributed by atoms with van der Waals surface area (Å²) in [6, 6.07) is 5.91. The number of fused-ring (bicyclic) bond motifs is 1. The Labute approximate surface area is 166 Å².